The number of aryl methyl sites for hydroxylation is 1. The Bertz CT molecular complexity index is 567. The number of unbranched alkanes of at least 4 members (excludes halogenated alkanes) is 18. The Labute approximate surface area is 234 Å². The fourth-order valence-corrected chi connectivity index (χ4v) is 6.89. The van der Waals surface area contributed by atoms with E-state index in [1.807, 2.05) is 17.8 Å². The quantitative estimate of drug-likeness (QED) is 0.119. The van der Waals surface area contributed by atoms with Crippen LogP contribution in [0.5, 0.6) is 5.75 Å². The predicted octanol–water partition coefficient (Wildman–Crippen LogP) is 12.0. The number of rotatable bonds is 26. The fraction of sp³-hybridized carbons (Fsp3) is 0.818. The van der Waals surface area contributed by atoms with Crippen molar-refractivity contribution in [3.63, 3.8) is 0 Å². The summed E-state index contributed by atoms with van der Waals surface area (Å²) in [5.41, 5.74) is 3.79. The number of aromatic hydroxyl groups is 1. The maximum atomic E-state index is 10.4. The summed E-state index contributed by atoms with van der Waals surface area (Å²) in [6.45, 7) is 6.73. The van der Waals surface area contributed by atoms with Crippen molar-refractivity contribution in [2.24, 2.45) is 0 Å². The molecule has 0 atom stereocenters. The van der Waals surface area contributed by atoms with E-state index in [9.17, 15) is 5.11 Å². The minimum Gasteiger partial charge on any atom is -0.508 e. The molecule has 3 heteroatoms. The van der Waals surface area contributed by atoms with Crippen molar-refractivity contribution >= 4 is 23.5 Å². The van der Waals surface area contributed by atoms with E-state index in [-0.39, 0.29) is 0 Å². The second-order valence-corrected chi connectivity index (χ2v) is 13.1. The highest BCUT2D eigenvalue weighted by Gasteiger charge is 2.07. The van der Waals surface area contributed by atoms with Crippen LogP contribution >= 0.6 is 23.5 Å². The maximum absolute atomic E-state index is 10.4. The number of phenolic OH excluding ortho intramolecular Hbond substituents is 1. The van der Waals surface area contributed by atoms with Crippen LogP contribution in [0.3, 0.4) is 0 Å². The standard InChI is InChI=1S/C33H60OS2/c1-4-6-8-10-12-14-16-18-20-22-24-35-28-31-27-32(33(34)26-30(31)3)29-36-25-23-21-19-17-15-13-11-9-7-5-2/h26-27,34H,4-25,28-29H2,1-3H3. The van der Waals surface area contributed by atoms with Crippen molar-refractivity contribution in [3.05, 3.63) is 28.8 Å². The van der Waals surface area contributed by atoms with Crippen LogP contribution in [0.2, 0.25) is 0 Å². The third-order valence-electron chi connectivity index (χ3n) is 7.34. The van der Waals surface area contributed by atoms with Gasteiger partial charge in [-0.3, -0.25) is 0 Å². The van der Waals surface area contributed by atoms with Crippen LogP contribution in [-0.2, 0) is 11.5 Å². The molecular weight excluding hydrogens is 476 g/mol. The molecule has 1 nitrogen and oxygen atoms in total. The lowest BCUT2D eigenvalue weighted by Crippen LogP contribution is -1.93. The van der Waals surface area contributed by atoms with Crippen LogP contribution in [0.15, 0.2) is 12.1 Å². The minimum absolute atomic E-state index is 0.492. The summed E-state index contributed by atoms with van der Waals surface area (Å²) < 4.78 is 0. The van der Waals surface area contributed by atoms with Gasteiger partial charge in [0.2, 0.25) is 0 Å². The predicted molar refractivity (Wildman–Crippen MR) is 169 cm³/mol. The molecule has 0 fully saturated rings. The van der Waals surface area contributed by atoms with E-state index in [2.05, 4.69) is 38.6 Å². The monoisotopic (exact) mass is 536 g/mol. The van der Waals surface area contributed by atoms with Gasteiger partial charge in [0.1, 0.15) is 5.75 Å². The first kappa shape index (κ1) is 33.7. The first-order chi connectivity index (χ1) is 17.7. The first-order valence-electron chi connectivity index (χ1n) is 15.7. The molecule has 0 aliphatic rings. The van der Waals surface area contributed by atoms with Crippen molar-refractivity contribution < 1.29 is 5.11 Å². The molecule has 0 saturated heterocycles. The van der Waals surface area contributed by atoms with E-state index >= 15 is 0 Å². The molecule has 0 aliphatic heterocycles. The summed E-state index contributed by atoms with van der Waals surface area (Å²) in [7, 11) is 0. The normalized spacial score (nSPS) is 11.4. The first-order valence-corrected chi connectivity index (χ1v) is 18.0. The summed E-state index contributed by atoms with van der Waals surface area (Å²) in [5, 5.41) is 10.4. The second-order valence-electron chi connectivity index (χ2n) is 10.9. The van der Waals surface area contributed by atoms with Gasteiger partial charge < -0.3 is 5.11 Å². The van der Waals surface area contributed by atoms with Crippen LogP contribution in [-0.4, -0.2) is 16.6 Å². The lowest BCUT2D eigenvalue weighted by molar-refractivity contribution is 0.470. The van der Waals surface area contributed by atoms with Crippen molar-refractivity contribution in [3.8, 4) is 5.75 Å². The lowest BCUT2D eigenvalue weighted by atomic mass is 10.1. The molecule has 1 rings (SSSR count). The highest BCUT2D eigenvalue weighted by atomic mass is 32.2. The SMILES string of the molecule is CCCCCCCCCCCCSCc1cc(CSCCCCCCCCCCCC)c(O)cc1C. The van der Waals surface area contributed by atoms with Crippen LogP contribution in [0, 0.1) is 6.92 Å². The van der Waals surface area contributed by atoms with Gasteiger partial charge in [0.25, 0.3) is 0 Å². The second kappa shape index (κ2) is 25.0. The molecule has 36 heavy (non-hydrogen) atoms. The largest absolute Gasteiger partial charge is 0.508 e. The number of phenols is 1. The molecule has 0 unspecified atom stereocenters. The van der Waals surface area contributed by atoms with E-state index in [0.717, 1.165) is 17.1 Å². The Morgan fingerprint density at radius 1 is 0.500 bits per heavy atom. The molecule has 1 aromatic rings. The Kier molecular flexibility index (Phi) is 23.5. The van der Waals surface area contributed by atoms with E-state index < -0.39 is 0 Å². The fourth-order valence-electron chi connectivity index (χ4n) is 4.81. The molecule has 0 bridgehead atoms. The molecule has 0 radical (unpaired) electrons. The van der Waals surface area contributed by atoms with Gasteiger partial charge in [0.05, 0.1) is 0 Å². The highest BCUT2D eigenvalue weighted by molar-refractivity contribution is 7.98. The Hall–Kier alpha value is -0.280. The summed E-state index contributed by atoms with van der Waals surface area (Å²) in [6, 6.07) is 4.27. The van der Waals surface area contributed by atoms with Crippen LogP contribution in [0.25, 0.3) is 0 Å². The number of hydrogen-bond acceptors (Lipinski definition) is 3. The highest BCUT2D eigenvalue weighted by Crippen LogP contribution is 2.29. The van der Waals surface area contributed by atoms with E-state index in [1.165, 1.54) is 151 Å². The van der Waals surface area contributed by atoms with Gasteiger partial charge in [-0.2, -0.15) is 23.5 Å². The average Bonchev–Trinajstić information content (AvgIpc) is 2.87. The zero-order chi connectivity index (χ0) is 26.1. The van der Waals surface area contributed by atoms with Crippen LogP contribution in [0.1, 0.15) is 159 Å². The third kappa shape index (κ3) is 18.9. The van der Waals surface area contributed by atoms with Crippen LogP contribution in [0.4, 0.5) is 0 Å². The number of benzene rings is 1. The molecule has 0 spiro atoms. The van der Waals surface area contributed by atoms with Crippen molar-refractivity contribution in [2.45, 2.75) is 161 Å². The van der Waals surface area contributed by atoms with Crippen molar-refractivity contribution in [1.82, 2.24) is 0 Å². The molecule has 210 valence electrons. The molecule has 0 amide bonds. The topological polar surface area (TPSA) is 20.2 Å². The molecule has 1 aromatic carbocycles. The van der Waals surface area contributed by atoms with Crippen molar-refractivity contribution in [1.29, 1.82) is 0 Å². The zero-order valence-corrected chi connectivity index (χ0v) is 26.0. The van der Waals surface area contributed by atoms with Gasteiger partial charge in [0, 0.05) is 17.1 Å². The van der Waals surface area contributed by atoms with Crippen molar-refractivity contribution in [2.75, 3.05) is 11.5 Å². The summed E-state index contributed by atoms with van der Waals surface area (Å²) in [4.78, 5) is 0. The molecule has 1 N–H and O–H groups in total. The Morgan fingerprint density at radius 2 is 0.861 bits per heavy atom. The van der Waals surface area contributed by atoms with E-state index in [4.69, 9.17) is 0 Å². The Morgan fingerprint density at radius 3 is 1.28 bits per heavy atom. The van der Waals surface area contributed by atoms with Gasteiger partial charge in [-0.05, 0) is 48.5 Å². The Balaban J connectivity index is 2.08. The molecular formula is C33H60OS2. The summed E-state index contributed by atoms with van der Waals surface area (Å²) >= 11 is 4.06. The number of hydrogen-bond donors (Lipinski definition) is 1. The van der Waals surface area contributed by atoms with Gasteiger partial charge >= 0.3 is 0 Å². The molecule has 0 aliphatic carbocycles. The molecule has 0 aromatic heterocycles. The lowest BCUT2D eigenvalue weighted by Gasteiger charge is -2.11. The third-order valence-corrected chi connectivity index (χ3v) is 9.52. The van der Waals surface area contributed by atoms with Crippen LogP contribution < -0.4 is 0 Å². The van der Waals surface area contributed by atoms with E-state index in [0.29, 0.717) is 5.75 Å². The molecule has 0 heterocycles. The summed E-state index contributed by atoms with van der Waals surface area (Å²) in [6.07, 6.45) is 28.0. The van der Waals surface area contributed by atoms with E-state index in [1.54, 1.807) is 0 Å². The van der Waals surface area contributed by atoms with Gasteiger partial charge in [-0.15, -0.1) is 0 Å². The smallest absolute Gasteiger partial charge is 0.119 e. The average molecular weight is 537 g/mol. The summed E-state index contributed by atoms with van der Waals surface area (Å²) in [5.74, 6) is 5.00. The zero-order valence-electron chi connectivity index (χ0n) is 24.4. The number of thioether (sulfide) groups is 2. The van der Waals surface area contributed by atoms with Gasteiger partial charge in [-0.1, -0.05) is 135 Å². The molecule has 0 saturated carbocycles. The maximum Gasteiger partial charge on any atom is 0.119 e. The van der Waals surface area contributed by atoms with Gasteiger partial charge in [0.15, 0.2) is 0 Å². The van der Waals surface area contributed by atoms with Gasteiger partial charge in [-0.25, -0.2) is 0 Å². The minimum atomic E-state index is 0.492.